The van der Waals surface area contributed by atoms with Crippen LogP contribution >= 0.6 is 0 Å². The Hall–Kier alpha value is -2.20. The van der Waals surface area contributed by atoms with Crippen molar-refractivity contribution in [2.75, 3.05) is 26.2 Å². The maximum atomic E-state index is 13.2. The Labute approximate surface area is 166 Å². The maximum absolute atomic E-state index is 13.2. The van der Waals surface area contributed by atoms with Crippen LogP contribution in [0.4, 0.5) is 17.6 Å². The fraction of sp³-hybridized carbons (Fsp3) is 0.579. The first kappa shape index (κ1) is 23.1. The molecule has 0 bridgehead atoms. The number of benzene rings is 1. The number of rotatable bonds is 3. The van der Waals surface area contributed by atoms with Crippen LogP contribution in [0.3, 0.4) is 0 Å². The lowest BCUT2D eigenvalue weighted by molar-refractivity contribution is -0.192. The van der Waals surface area contributed by atoms with Crippen molar-refractivity contribution < 1.29 is 32.3 Å². The van der Waals surface area contributed by atoms with E-state index in [1.807, 2.05) is 19.1 Å². The number of carboxylic acids is 1. The smallest absolute Gasteiger partial charge is 0.475 e. The van der Waals surface area contributed by atoms with E-state index in [0.717, 1.165) is 38.0 Å². The number of hydrogen-bond acceptors (Lipinski definition) is 4. The van der Waals surface area contributed by atoms with Crippen LogP contribution in [0.15, 0.2) is 24.3 Å². The van der Waals surface area contributed by atoms with Crippen molar-refractivity contribution in [1.82, 2.24) is 10.2 Å². The third-order valence-corrected chi connectivity index (χ3v) is 5.40. The number of nitrogens with two attached hydrogens (primary N) is 1. The van der Waals surface area contributed by atoms with Crippen LogP contribution in [-0.2, 0) is 9.59 Å². The van der Waals surface area contributed by atoms with E-state index in [-0.39, 0.29) is 29.1 Å². The summed E-state index contributed by atoms with van der Waals surface area (Å²) in [5.74, 6) is -2.70. The second kappa shape index (κ2) is 9.08. The fourth-order valence-electron chi connectivity index (χ4n) is 3.97. The number of alkyl halides is 3. The predicted octanol–water partition coefficient (Wildman–Crippen LogP) is 2.10. The first-order valence-corrected chi connectivity index (χ1v) is 9.27. The van der Waals surface area contributed by atoms with Crippen molar-refractivity contribution >= 4 is 11.9 Å². The molecule has 2 heterocycles. The summed E-state index contributed by atoms with van der Waals surface area (Å²) in [6.07, 6.45) is -3.40. The molecule has 2 atom stereocenters. The molecular formula is C19H25F4N3O3. The molecule has 0 aliphatic carbocycles. The lowest BCUT2D eigenvalue weighted by Gasteiger charge is -2.41. The van der Waals surface area contributed by atoms with Gasteiger partial charge in [0.25, 0.3) is 0 Å². The van der Waals surface area contributed by atoms with E-state index < -0.39 is 12.1 Å². The molecule has 0 aromatic heterocycles. The normalized spacial score (nSPS) is 22.6. The Bertz CT molecular complexity index is 714. The monoisotopic (exact) mass is 419 g/mol. The number of piperidine rings is 1. The van der Waals surface area contributed by atoms with E-state index >= 15 is 0 Å². The van der Waals surface area contributed by atoms with Gasteiger partial charge in [-0.2, -0.15) is 13.2 Å². The van der Waals surface area contributed by atoms with Gasteiger partial charge in [0.1, 0.15) is 5.82 Å². The first-order valence-electron chi connectivity index (χ1n) is 9.27. The molecule has 4 N–H and O–H groups in total. The number of carboxylic acid groups (broad SMARTS) is 1. The van der Waals surface area contributed by atoms with E-state index in [1.54, 1.807) is 0 Å². The number of nitrogens with one attached hydrogen (secondary N) is 1. The molecule has 6 nitrogen and oxygen atoms in total. The van der Waals surface area contributed by atoms with Crippen molar-refractivity contribution in [3.8, 4) is 0 Å². The molecule has 1 amide bonds. The molecule has 2 fully saturated rings. The minimum Gasteiger partial charge on any atom is -0.475 e. The van der Waals surface area contributed by atoms with Crippen LogP contribution in [0.5, 0.6) is 0 Å². The second-order valence-electron chi connectivity index (χ2n) is 7.55. The Morgan fingerprint density at radius 1 is 1.31 bits per heavy atom. The zero-order valence-electron chi connectivity index (χ0n) is 16.0. The summed E-state index contributed by atoms with van der Waals surface area (Å²) in [7, 11) is 0. The summed E-state index contributed by atoms with van der Waals surface area (Å²) in [4.78, 5) is 23.7. The maximum Gasteiger partial charge on any atom is 0.490 e. The molecule has 10 heteroatoms. The number of nitrogens with zero attached hydrogens (tertiary/aromatic N) is 1. The van der Waals surface area contributed by atoms with Gasteiger partial charge in [-0.3, -0.25) is 4.79 Å². The van der Waals surface area contributed by atoms with Crippen LogP contribution in [0.2, 0.25) is 0 Å². The molecule has 29 heavy (non-hydrogen) atoms. The molecular weight excluding hydrogens is 394 g/mol. The minimum atomic E-state index is -5.08. The predicted molar refractivity (Wildman–Crippen MR) is 97.6 cm³/mol. The number of aliphatic carboxylic acids is 1. The number of carbonyl (C=O) groups is 2. The van der Waals surface area contributed by atoms with Crippen LogP contribution in [-0.4, -0.2) is 60.3 Å². The van der Waals surface area contributed by atoms with Gasteiger partial charge in [-0.15, -0.1) is 0 Å². The van der Waals surface area contributed by atoms with Gasteiger partial charge >= 0.3 is 12.1 Å². The number of halogens is 4. The van der Waals surface area contributed by atoms with Crippen LogP contribution in [0.25, 0.3) is 0 Å². The third kappa shape index (κ3) is 5.66. The van der Waals surface area contributed by atoms with E-state index in [2.05, 4.69) is 10.2 Å². The summed E-state index contributed by atoms with van der Waals surface area (Å²) in [6.45, 7) is 5.32. The third-order valence-electron chi connectivity index (χ3n) is 5.40. The molecule has 162 valence electrons. The summed E-state index contributed by atoms with van der Waals surface area (Å²) in [5.41, 5.74) is 6.59. The molecule has 2 saturated heterocycles. The molecule has 3 rings (SSSR count). The molecule has 2 aliphatic rings. The van der Waals surface area contributed by atoms with E-state index in [4.69, 9.17) is 15.6 Å². The van der Waals surface area contributed by atoms with Crippen LogP contribution in [0.1, 0.15) is 31.2 Å². The van der Waals surface area contributed by atoms with Crippen molar-refractivity contribution in [1.29, 1.82) is 0 Å². The minimum absolute atomic E-state index is 0.137. The highest BCUT2D eigenvalue weighted by molar-refractivity contribution is 5.86. The Morgan fingerprint density at radius 2 is 1.83 bits per heavy atom. The van der Waals surface area contributed by atoms with Crippen LogP contribution < -0.4 is 11.1 Å². The first-order chi connectivity index (χ1) is 13.5. The van der Waals surface area contributed by atoms with E-state index in [9.17, 15) is 22.4 Å². The SMILES string of the molecule is CC(N)CN1CCC2(CC1)C(=O)NCC2c1ccc(F)cc1.O=C(O)C(F)(F)F. The second-order valence-corrected chi connectivity index (χ2v) is 7.55. The van der Waals surface area contributed by atoms with Gasteiger partial charge in [0, 0.05) is 25.0 Å². The van der Waals surface area contributed by atoms with Gasteiger partial charge in [0.05, 0.1) is 5.41 Å². The molecule has 1 spiro atoms. The molecule has 1 aromatic carbocycles. The summed E-state index contributed by atoms with van der Waals surface area (Å²) < 4.78 is 44.9. The fourth-order valence-corrected chi connectivity index (χ4v) is 3.97. The number of likely N-dealkylation sites (tertiary alicyclic amines) is 1. The van der Waals surface area contributed by atoms with Crippen molar-refractivity contribution in [2.45, 2.75) is 37.9 Å². The van der Waals surface area contributed by atoms with Gasteiger partial charge in [-0.1, -0.05) is 12.1 Å². The van der Waals surface area contributed by atoms with Gasteiger partial charge in [0.2, 0.25) is 5.91 Å². The van der Waals surface area contributed by atoms with Crippen LogP contribution in [0, 0.1) is 11.2 Å². The number of amides is 1. The summed E-state index contributed by atoms with van der Waals surface area (Å²) in [5, 5.41) is 10.1. The van der Waals surface area contributed by atoms with Gasteiger partial charge in [-0.25, -0.2) is 9.18 Å². The zero-order valence-corrected chi connectivity index (χ0v) is 16.0. The topological polar surface area (TPSA) is 95.7 Å². The average molecular weight is 419 g/mol. The Morgan fingerprint density at radius 3 is 2.28 bits per heavy atom. The van der Waals surface area contributed by atoms with Gasteiger partial charge < -0.3 is 21.1 Å². The van der Waals surface area contributed by atoms with Gasteiger partial charge in [0.15, 0.2) is 0 Å². The molecule has 0 radical (unpaired) electrons. The van der Waals surface area contributed by atoms with Crippen molar-refractivity contribution in [3.05, 3.63) is 35.6 Å². The Kier molecular flexibility index (Phi) is 7.23. The molecule has 1 aromatic rings. The Balaban J connectivity index is 0.000000370. The quantitative estimate of drug-likeness (QED) is 0.653. The number of hydrogen-bond donors (Lipinski definition) is 3. The highest BCUT2D eigenvalue weighted by Gasteiger charge is 2.51. The number of carbonyl (C=O) groups excluding carboxylic acids is 1. The highest BCUT2D eigenvalue weighted by atomic mass is 19.4. The molecule has 2 aliphatic heterocycles. The molecule has 0 saturated carbocycles. The summed E-state index contributed by atoms with van der Waals surface area (Å²) >= 11 is 0. The molecule has 2 unspecified atom stereocenters. The largest absolute Gasteiger partial charge is 0.490 e. The summed E-state index contributed by atoms with van der Waals surface area (Å²) in [6, 6.07) is 6.75. The zero-order chi connectivity index (χ0) is 21.8. The lowest BCUT2D eigenvalue weighted by Crippen LogP contribution is -2.48. The highest BCUT2D eigenvalue weighted by Crippen LogP contribution is 2.47. The van der Waals surface area contributed by atoms with Gasteiger partial charge in [-0.05, 0) is 50.6 Å². The lowest BCUT2D eigenvalue weighted by atomic mass is 9.68. The van der Waals surface area contributed by atoms with E-state index in [0.29, 0.717) is 6.54 Å². The van der Waals surface area contributed by atoms with Crippen molar-refractivity contribution in [2.24, 2.45) is 11.1 Å². The van der Waals surface area contributed by atoms with E-state index in [1.165, 1.54) is 12.1 Å². The average Bonchev–Trinajstić information content (AvgIpc) is 2.93. The standard InChI is InChI=1S/C17H24FN3O.C2HF3O2/c1-12(19)11-21-8-6-17(7-9-21)15(10-20-16(17)22)13-2-4-14(18)5-3-13;3-2(4,5)1(6)7/h2-5,12,15H,6-11,19H2,1H3,(H,20,22);(H,6,7). The van der Waals surface area contributed by atoms with Crippen molar-refractivity contribution in [3.63, 3.8) is 0 Å².